The zero-order valence-electron chi connectivity index (χ0n) is 42.4. The highest BCUT2D eigenvalue weighted by Gasteiger charge is 2.35. The highest BCUT2D eigenvalue weighted by Crippen LogP contribution is 2.20. The van der Waals surface area contributed by atoms with Gasteiger partial charge in [-0.25, -0.2) is 0 Å². The number of guanidine groups is 2. The number of para-hydroxylation sites is 1. The second-order valence-corrected chi connectivity index (χ2v) is 18.2. The molecule has 1 aliphatic heterocycles. The number of aliphatic imine (C=N–C) groups is 2. The van der Waals surface area contributed by atoms with Crippen LogP contribution in [0.3, 0.4) is 0 Å². The number of amides is 10. The second-order valence-electron chi connectivity index (χ2n) is 18.2. The Morgan fingerprint density at radius 1 is 0.671 bits per heavy atom. The van der Waals surface area contributed by atoms with Crippen LogP contribution in [-0.4, -0.2) is 138 Å². The van der Waals surface area contributed by atoms with Crippen molar-refractivity contribution in [2.24, 2.45) is 44.4 Å². The SMILES string of the molecule is CC(=O)N[C@@H](CCCN=C(N)N)C(=O)N[C@H]1CCC(=O)NCCCC(C(N)=O)NC(=O)[C@H](Cc2c[nH]c3ccccc23)NC(=O)[C@H](CCCN=C(N)N)NC(=O)[C@@H](Cc2ccccc2)NC(=O)[C@H](CCC(N)=O)NC1=O. The van der Waals surface area contributed by atoms with Crippen LogP contribution in [0.5, 0.6) is 0 Å². The van der Waals surface area contributed by atoms with E-state index in [0.29, 0.717) is 11.1 Å². The molecule has 7 atom stereocenters. The van der Waals surface area contributed by atoms with Gasteiger partial charge in [0.25, 0.3) is 0 Å². The lowest BCUT2D eigenvalue weighted by atomic mass is 10.0. The van der Waals surface area contributed by atoms with Crippen molar-refractivity contribution >= 4 is 81.9 Å². The fourth-order valence-electron chi connectivity index (χ4n) is 8.22. The van der Waals surface area contributed by atoms with Gasteiger partial charge in [-0.15, -0.1) is 0 Å². The average Bonchev–Trinajstić information content (AvgIpc) is 3.78. The number of primary amides is 2. The molecule has 27 nitrogen and oxygen atoms in total. The van der Waals surface area contributed by atoms with Crippen LogP contribution in [0.15, 0.2) is 70.8 Å². The topological polar surface area (TPSA) is 464 Å². The molecule has 0 aliphatic carbocycles. The molecule has 412 valence electrons. The molecule has 0 bridgehead atoms. The number of aromatic amines is 1. The molecular formula is C49H71N17O10. The Bertz CT molecular complexity index is 2580. The van der Waals surface area contributed by atoms with Crippen LogP contribution in [0, 0.1) is 0 Å². The molecule has 1 saturated heterocycles. The van der Waals surface area contributed by atoms with Crippen LogP contribution in [0.1, 0.15) is 82.3 Å². The first kappa shape index (κ1) is 59.8. The largest absolute Gasteiger partial charge is 0.370 e. The number of fused-ring (bicyclic) bond motifs is 1. The number of rotatable bonds is 19. The zero-order valence-corrected chi connectivity index (χ0v) is 42.4. The number of nitrogens with one attached hydrogen (secondary N) is 9. The van der Waals surface area contributed by atoms with Crippen LogP contribution in [0.25, 0.3) is 10.9 Å². The number of hydrogen-bond acceptors (Lipinski definition) is 12. The minimum absolute atomic E-state index is 0.0157. The van der Waals surface area contributed by atoms with Crippen molar-refractivity contribution in [3.63, 3.8) is 0 Å². The molecule has 2 aromatic carbocycles. The fourth-order valence-corrected chi connectivity index (χ4v) is 8.22. The van der Waals surface area contributed by atoms with Gasteiger partial charge in [-0.3, -0.25) is 57.9 Å². The van der Waals surface area contributed by atoms with Gasteiger partial charge in [0.05, 0.1) is 0 Å². The third-order valence-corrected chi connectivity index (χ3v) is 12.1. The van der Waals surface area contributed by atoms with Gasteiger partial charge in [0.2, 0.25) is 59.1 Å². The van der Waals surface area contributed by atoms with Gasteiger partial charge in [0, 0.05) is 69.3 Å². The van der Waals surface area contributed by atoms with Crippen LogP contribution >= 0.6 is 0 Å². The summed E-state index contributed by atoms with van der Waals surface area (Å²) in [7, 11) is 0. The van der Waals surface area contributed by atoms with Crippen molar-refractivity contribution in [3.8, 4) is 0 Å². The zero-order chi connectivity index (χ0) is 55.7. The Morgan fingerprint density at radius 3 is 1.89 bits per heavy atom. The first-order chi connectivity index (χ1) is 36.2. The van der Waals surface area contributed by atoms with E-state index in [1.54, 1.807) is 42.6 Å². The summed E-state index contributed by atoms with van der Waals surface area (Å²) in [4.78, 5) is 148. The van der Waals surface area contributed by atoms with Gasteiger partial charge in [0.1, 0.15) is 42.3 Å². The fraction of sp³-hybridized carbons (Fsp3) is 0.469. The van der Waals surface area contributed by atoms with E-state index in [1.165, 1.54) is 6.92 Å². The molecule has 21 N–H and O–H groups in total. The molecule has 2 heterocycles. The van der Waals surface area contributed by atoms with Crippen LogP contribution < -0.4 is 76.9 Å². The van der Waals surface area contributed by atoms with Gasteiger partial charge < -0.3 is 81.9 Å². The summed E-state index contributed by atoms with van der Waals surface area (Å²) >= 11 is 0. The van der Waals surface area contributed by atoms with Crippen molar-refractivity contribution in [1.29, 1.82) is 0 Å². The van der Waals surface area contributed by atoms with E-state index < -0.39 is 114 Å². The Hall–Kier alpha value is -8.78. The Balaban J connectivity index is 1.78. The molecule has 27 heteroatoms. The second kappa shape index (κ2) is 30.4. The van der Waals surface area contributed by atoms with E-state index in [4.69, 9.17) is 34.4 Å². The summed E-state index contributed by atoms with van der Waals surface area (Å²) in [5.41, 5.74) is 35.2. The molecule has 10 amide bonds. The third kappa shape index (κ3) is 20.6. The normalized spacial score (nSPS) is 20.9. The number of nitrogens with zero attached hydrogens (tertiary/aromatic N) is 2. The number of H-pyrrole nitrogens is 1. The molecular weight excluding hydrogens is 987 g/mol. The van der Waals surface area contributed by atoms with E-state index in [9.17, 15) is 47.9 Å². The van der Waals surface area contributed by atoms with E-state index in [0.717, 1.165) is 10.9 Å². The Labute approximate surface area is 438 Å². The van der Waals surface area contributed by atoms with E-state index in [2.05, 4.69) is 57.5 Å². The number of nitrogens with two attached hydrogens (primary N) is 6. The summed E-state index contributed by atoms with van der Waals surface area (Å²) < 4.78 is 0. The van der Waals surface area contributed by atoms with Gasteiger partial charge in [-0.05, 0) is 68.6 Å². The minimum atomic E-state index is -1.59. The standard InChI is InChI=1S/C49H71N17O10/c1-27(67)60-33(15-8-22-57-48(52)53)42(71)64-36-18-20-40(69)56-21-7-14-32(41(51)70)61-47(76)38(25-29-26-59-31-13-6-5-12-30(29)31)66-43(72)34(16-9-23-58-49(54)55)62-46(75)37(24-28-10-3-2-4-11-28)65-45(74)35(63-44(36)73)17-19-39(50)68/h2-6,10-13,26,32-38,59H,7-9,14-25H2,1H3,(H2,50,68)(H2,51,70)(H,56,69)(H,60,67)(H,61,76)(H,62,75)(H,63,73)(H,64,71)(H,65,74)(H,66,72)(H4,52,53,57)(H4,54,55,58)/t32?,33-,34-,35-,36-,37+,38-/m0/s1. The first-order valence-electron chi connectivity index (χ1n) is 24.8. The molecule has 76 heavy (non-hydrogen) atoms. The van der Waals surface area contributed by atoms with E-state index >= 15 is 0 Å². The number of hydrogen-bond donors (Lipinski definition) is 15. The monoisotopic (exact) mass is 1060 g/mol. The Kier molecular flexibility index (Phi) is 23.9. The average molecular weight is 1060 g/mol. The van der Waals surface area contributed by atoms with E-state index in [1.807, 2.05) is 18.2 Å². The van der Waals surface area contributed by atoms with Crippen molar-refractivity contribution < 1.29 is 47.9 Å². The van der Waals surface area contributed by atoms with Crippen LogP contribution in [0.2, 0.25) is 0 Å². The summed E-state index contributed by atoms with van der Waals surface area (Å²) in [6.07, 6.45) is 0.132. The molecule has 0 spiro atoms. The Morgan fingerprint density at radius 2 is 1.25 bits per heavy atom. The van der Waals surface area contributed by atoms with E-state index in [-0.39, 0.29) is 95.8 Å². The van der Waals surface area contributed by atoms with Gasteiger partial charge in [0.15, 0.2) is 11.9 Å². The number of benzene rings is 2. The molecule has 1 aromatic heterocycles. The van der Waals surface area contributed by atoms with Gasteiger partial charge in [-0.2, -0.15) is 0 Å². The van der Waals surface area contributed by atoms with Gasteiger partial charge in [-0.1, -0.05) is 48.5 Å². The smallest absolute Gasteiger partial charge is 0.243 e. The lowest BCUT2D eigenvalue weighted by Gasteiger charge is -2.28. The molecule has 0 radical (unpaired) electrons. The summed E-state index contributed by atoms with van der Waals surface area (Å²) in [6, 6.07) is 5.84. The van der Waals surface area contributed by atoms with Crippen LogP contribution in [0.4, 0.5) is 0 Å². The maximum atomic E-state index is 14.6. The summed E-state index contributed by atoms with van der Waals surface area (Å²) in [6.45, 7) is 1.26. The third-order valence-electron chi connectivity index (χ3n) is 12.1. The lowest BCUT2D eigenvalue weighted by molar-refractivity contribution is -0.136. The summed E-state index contributed by atoms with van der Waals surface area (Å²) in [5.74, 6) is -8.69. The maximum absolute atomic E-state index is 14.6. The molecule has 1 unspecified atom stereocenters. The summed E-state index contributed by atoms with van der Waals surface area (Å²) in [5, 5.41) is 21.8. The molecule has 3 aromatic rings. The number of aromatic nitrogens is 1. The van der Waals surface area contributed by atoms with Crippen LogP contribution in [-0.2, 0) is 60.8 Å². The number of carbonyl (C=O) groups excluding carboxylic acids is 10. The molecule has 0 saturated carbocycles. The van der Waals surface area contributed by atoms with Crippen molar-refractivity contribution in [1.82, 2.24) is 47.5 Å². The number of carbonyl (C=O) groups is 10. The van der Waals surface area contributed by atoms with Gasteiger partial charge >= 0.3 is 0 Å². The highest BCUT2D eigenvalue weighted by atomic mass is 16.2. The predicted molar refractivity (Wildman–Crippen MR) is 280 cm³/mol. The molecule has 1 fully saturated rings. The quantitative estimate of drug-likeness (QED) is 0.0309. The first-order valence-corrected chi connectivity index (χ1v) is 24.8. The maximum Gasteiger partial charge on any atom is 0.243 e. The van der Waals surface area contributed by atoms with Crippen molar-refractivity contribution in [3.05, 3.63) is 71.9 Å². The highest BCUT2D eigenvalue weighted by molar-refractivity contribution is 5.98. The van der Waals surface area contributed by atoms with Crippen molar-refractivity contribution in [2.45, 2.75) is 126 Å². The molecule has 4 rings (SSSR count). The molecule has 1 aliphatic rings. The van der Waals surface area contributed by atoms with Crippen molar-refractivity contribution in [2.75, 3.05) is 19.6 Å². The predicted octanol–water partition coefficient (Wildman–Crippen LogP) is -4.09. The lowest BCUT2D eigenvalue weighted by Crippen LogP contribution is -2.60. The minimum Gasteiger partial charge on any atom is -0.370 e.